The van der Waals surface area contributed by atoms with Gasteiger partial charge in [0.1, 0.15) is 6.17 Å². The third kappa shape index (κ3) is 3.67. The molecular weight excluding hydrogens is 251 g/mol. The van der Waals surface area contributed by atoms with Gasteiger partial charge in [-0.05, 0) is 23.1 Å². The number of hydrogen-bond donors (Lipinski definition) is 0. The van der Waals surface area contributed by atoms with Gasteiger partial charge in [0.05, 0.1) is 6.10 Å². The van der Waals surface area contributed by atoms with Crippen LogP contribution in [-0.2, 0) is 11.2 Å². The SMILES string of the molecule is CCc1ccc(C(CC(F)c2ccccc2)OC)cc1. The highest BCUT2D eigenvalue weighted by Crippen LogP contribution is 2.31. The summed E-state index contributed by atoms with van der Waals surface area (Å²) in [7, 11) is 1.64. The van der Waals surface area contributed by atoms with Gasteiger partial charge in [-0.2, -0.15) is 0 Å². The van der Waals surface area contributed by atoms with Gasteiger partial charge in [0.2, 0.25) is 0 Å². The monoisotopic (exact) mass is 272 g/mol. The fourth-order valence-corrected chi connectivity index (χ4v) is 2.32. The van der Waals surface area contributed by atoms with E-state index in [4.69, 9.17) is 4.74 Å². The van der Waals surface area contributed by atoms with Crippen LogP contribution in [0, 0.1) is 0 Å². The number of hydrogen-bond acceptors (Lipinski definition) is 1. The molecule has 2 rings (SSSR count). The van der Waals surface area contributed by atoms with Crippen molar-refractivity contribution >= 4 is 0 Å². The van der Waals surface area contributed by atoms with Crippen LogP contribution in [0.2, 0.25) is 0 Å². The topological polar surface area (TPSA) is 9.23 Å². The van der Waals surface area contributed by atoms with Gasteiger partial charge in [0.15, 0.2) is 0 Å². The van der Waals surface area contributed by atoms with Crippen molar-refractivity contribution in [2.45, 2.75) is 32.0 Å². The van der Waals surface area contributed by atoms with Crippen LogP contribution in [0.3, 0.4) is 0 Å². The minimum atomic E-state index is -1.01. The Hall–Kier alpha value is -1.67. The Morgan fingerprint density at radius 2 is 1.60 bits per heavy atom. The van der Waals surface area contributed by atoms with Gasteiger partial charge >= 0.3 is 0 Å². The van der Waals surface area contributed by atoms with Crippen LogP contribution in [0.4, 0.5) is 4.39 Å². The molecule has 0 aliphatic rings. The molecule has 20 heavy (non-hydrogen) atoms. The van der Waals surface area contributed by atoms with Crippen molar-refractivity contribution in [3.63, 3.8) is 0 Å². The minimum Gasteiger partial charge on any atom is -0.377 e. The second-order valence-electron chi connectivity index (χ2n) is 4.93. The Morgan fingerprint density at radius 1 is 0.950 bits per heavy atom. The summed E-state index contributed by atoms with van der Waals surface area (Å²) in [5.41, 5.74) is 3.02. The van der Waals surface area contributed by atoms with Gasteiger partial charge in [-0.3, -0.25) is 0 Å². The predicted octanol–water partition coefficient (Wildman–Crippen LogP) is 5.04. The maximum absolute atomic E-state index is 14.3. The molecule has 1 nitrogen and oxygen atoms in total. The smallest absolute Gasteiger partial charge is 0.128 e. The van der Waals surface area contributed by atoms with E-state index >= 15 is 0 Å². The number of aryl methyl sites for hydroxylation is 1. The van der Waals surface area contributed by atoms with E-state index in [-0.39, 0.29) is 6.10 Å². The molecule has 2 aromatic carbocycles. The summed E-state index contributed by atoms with van der Waals surface area (Å²) >= 11 is 0. The van der Waals surface area contributed by atoms with E-state index in [1.807, 2.05) is 42.5 Å². The summed E-state index contributed by atoms with van der Waals surface area (Å²) in [5.74, 6) is 0. The molecule has 0 spiro atoms. The van der Waals surface area contributed by atoms with Gasteiger partial charge in [-0.15, -0.1) is 0 Å². The average molecular weight is 272 g/mol. The number of halogens is 1. The Labute approximate surface area is 120 Å². The lowest BCUT2D eigenvalue weighted by Crippen LogP contribution is -2.06. The van der Waals surface area contributed by atoms with Crippen molar-refractivity contribution in [2.24, 2.45) is 0 Å². The summed E-state index contributed by atoms with van der Waals surface area (Å²) in [4.78, 5) is 0. The van der Waals surface area contributed by atoms with E-state index in [9.17, 15) is 4.39 Å². The quantitative estimate of drug-likeness (QED) is 0.716. The van der Waals surface area contributed by atoms with Crippen molar-refractivity contribution in [3.8, 4) is 0 Å². The molecule has 0 fully saturated rings. The van der Waals surface area contributed by atoms with Crippen LogP contribution in [0.5, 0.6) is 0 Å². The Morgan fingerprint density at radius 3 is 2.15 bits per heavy atom. The molecule has 2 heteroatoms. The fourth-order valence-electron chi connectivity index (χ4n) is 2.32. The van der Waals surface area contributed by atoms with Crippen LogP contribution in [0.25, 0.3) is 0 Å². The average Bonchev–Trinajstić information content (AvgIpc) is 2.53. The molecule has 0 heterocycles. The van der Waals surface area contributed by atoms with Gasteiger partial charge in [0.25, 0.3) is 0 Å². The maximum atomic E-state index is 14.3. The second-order valence-corrected chi connectivity index (χ2v) is 4.93. The van der Waals surface area contributed by atoms with Crippen LogP contribution < -0.4 is 0 Å². The molecule has 106 valence electrons. The first-order valence-electron chi connectivity index (χ1n) is 7.05. The zero-order valence-electron chi connectivity index (χ0n) is 12.1. The lowest BCUT2D eigenvalue weighted by atomic mass is 9.98. The first-order chi connectivity index (χ1) is 9.74. The first kappa shape index (κ1) is 14.7. The van der Waals surface area contributed by atoms with E-state index < -0.39 is 6.17 Å². The highest BCUT2D eigenvalue weighted by molar-refractivity contribution is 5.25. The molecule has 0 amide bonds. The van der Waals surface area contributed by atoms with Crippen molar-refractivity contribution in [2.75, 3.05) is 7.11 Å². The largest absolute Gasteiger partial charge is 0.377 e. The third-order valence-electron chi connectivity index (χ3n) is 3.63. The van der Waals surface area contributed by atoms with Crippen LogP contribution in [-0.4, -0.2) is 7.11 Å². The summed E-state index contributed by atoms with van der Waals surface area (Å²) in [6.45, 7) is 2.12. The molecule has 0 aromatic heterocycles. The fraction of sp³-hybridized carbons (Fsp3) is 0.333. The van der Waals surface area contributed by atoms with Crippen LogP contribution >= 0.6 is 0 Å². The molecule has 0 bridgehead atoms. The highest BCUT2D eigenvalue weighted by atomic mass is 19.1. The molecule has 0 saturated heterocycles. The molecule has 0 radical (unpaired) electrons. The van der Waals surface area contributed by atoms with E-state index in [1.54, 1.807) is 7.11 Å². The van der Waals surface area contributed by atoms with E-state index in [0.717, 1.165) is 12.0 Å². The molecule has 0 aliphatic heterocycles. The second kappa shape index (κ2) is 7.20. The summed E-state index contributed by atoms with van der Waals surface area (Å²) in [5, 5.41) is 0. The number of alkyl halides is 1. The predicted molar refractivity (Wildman–Crippen MR) is 80.5 cm³/mol. The van der Waals surface area contributed by atoms with Crippen molar-refractivity contribution in [1.82, 2.24) is 0 Å². The van der Waals surface area contributed by atoms with E-state index in [2.05, 4.69) is 19.1 Å². The number of methoxy groups -OCH3 is 1. The molecule has 2 aromatic rings. The van der Waals surface area contributed by atoms with E-state index in [1.165, 1.54) is 5.56 Å². The lowest BCUT2D eigenvalue weighted by molar-refractivity contribution is 0.0711. The van der Waals surface area contributed by atoms with Crippen LogP contribution in [0.1, 0.15) is 42.3 Å². The standard InChI is InChI=1S/C18H21FO/c1-3-14-9-11-16(12-10-14)18(20-2)13-17(19)15-7-5-4-6-8-15/h4-12,17-18H,3,13H2,1-2H3. The van der Waals surface area contributed by atoms with Crippen molar-refractivity contribution in [3.05, 3.63) is 71.3 Å². The molecule has 2 atom stereocenters. The maximum Gasteiger partial charge on any atom is 0.128 e. The van der Waals surface area contributed by atoms with Gasteiger partial charge in [0, 0.05) is 13.5 Å². The molecule has 2 unspecified atom stereocenters. The Kier molecular flexibility index (Phi) is 5.31. The van der Waals surface area contributed by atoms with Crippen LogP contribution in [0.15, 0.2) is 54.6 Å². The van der Waals surface area contributed by atoms with Crippen molar-refractivity contribution in [1.29, 1.82) is 0 Å². The van der Waals surface area contributed by atoms with Gasteiger partial charge in [-0.1, -0.05) is 61.5 Å². The lowest BCUT2D eigenvalue weighted by Gasteiger charge is -2.19. The zero-order valence-corrected chi connectivity index (χ0v) is 12.1. The molecule has 0 N–H and O–H groups in total. The normalized spacial score (nSPS) is 13.9. The summed E-state index contributed by atoms with van der Waals surface area (Å²) < 4.78 is 19.8. The highest BCUT2D eigenvalue weighted by Gasteiger charge is 2.18. The molecule has 0 aliphatic carbocycles. The van der Waals surface area contributed by atoms with Gasteiger partial charge < -0.3 is 4.74 Å². The van der Waals surface area contributed by atoms with Gasteiger partial charge in [-0.25, -0.2) is 4.39 Å². The first-order valence-corrected chi connectivity index (χ1v) is 7.05. The van der Waals surface area contributed by atoms with Crippen molar-refractivity contribution < 1.29 is 9.13 Å². The zero-order chi connectivity index (χ0) is 14.4. The molecular formula is C18H21FO. The number of rotatable bonds is 6. The number of benzene rings is 2. The number of ether oxygens (including phenoxy) is 1. The summed E-state index contributed by atoms with van der Waals surface area (Å²) in [6, 6.07) is 17.5. The Balaban J connectivity index is 2.08. The Bertz CT molecular complexity index is 507. The third-order valence-corrected chi connectivity index (χ3v) is 3.63. The van der Waals surface area contributed by atoms with E-state index in [0.29, 0.717) is 12.0 Å². The summed E-state index contributed by atoms with van der Waals surface area (Å²) in [6.07, 6.45) is 0.128. The molecule has 0 saturated carbocycles. The minimum absolute atomic E-state index is 0.212.